The van der Waals surface area contributed by atoms with Gasteiger partial charge < -0.3 is 5.32 Å². The molecule has 2 aromatic rings. The fourth-order valence-electron chi connectivity index (χ4n) is 2.81. The zero-order valence-electron chi connectivity index (χ0n) is 11.3. The van der Waals surface area contributed by atoms with Gasteiger partial charge in [-0.25, -0.2) is 0 Å². The molecule has 2 heteroatoms. The monoisotopic (exact) mass is 252 g/mol. The van der Waals surface area contributed by atoms with E-state index in [0.29, 0.717) is 6.04 Å². The number of nitrogens with one attached hydrogen (secondary N) is 1. The van der Waals surface area contributed by atoms with Crippen molar-refractivity contribution < 1.29 is 0 Å². The molecule has 2 aromatic carbocycles. The Labute approximate surface area is 115 Å². The smallest absolute Gasteiger partial charge is 0.0521 e. The molecule has 0 saturated heterocycles. The Kier molecular flexibility index (Phi) is 3.51. The molecule has 1 aliphatic rings. The Hall–Kier alpha value is -1.80. The number of nitrogens with zero attached hydrogens (tertiary/aromatic N) is 1. The second-order valence-corrected chi connectivity index (χ2v) is 5.19. The molecule has 0 radical (unpaired) electrons. The molecule has 1 aliphatic heterocycles. The first-order chi connectivity index (χ1) is 9.34. The lowest BCUT2D eigenvalue weighted by Crippen LogP contribution is -2.36. The van der Waals surface area contributed by atoms with Crippen LogP contribution in [0.4, 0.5) is 5.69 Å². The summed E-state index contributed by atoms with van der Waals surface area (Å²) in [7, 11) is 2.22. The number of rotatable bonds is 3. The van der Waals surface area contributed by atoms with Gasteiger partial charge in [-0.15, -0.1) is 0 Å². The molecule has 0 spiro atoms. The molecule has 0 bridgehead atoms. The van der Waals surface area contributed by atoms with E-state index in [-0.39, 0.29) is 0 Å². The second kappa shape index (κ2) is 5.45. The van der Waals surface area contributed by atoms with Crippen LogP contribution in [0, 0.1) is 0 Å². The number of hydrogen-bond donors (Lipinski definition) is 1. The minimum Gasteiger partial charge on any atom is -0.383 e. The Morgan fingerprint density at radius 3 is 2.63 bits per heavy atom. The highest BCUT2D eigenvalue weighted by molar-refractivity contribution is 5.43. The van der Waals surface area contributed by atoms with Crippen molar-refractivity contribution in [2.45, 2.75) is 12.5 Å². The zero-order valence-corrected chi connectivity index (χ0v) is 11.3. The van der Waals surface area contributed by atoms with Gasteiger partial charge in [-0.3, -0.25) is 4.90 Å². The van der Waals surface area contributed by atoms with Crippen molar-refractivity contribution in [3.8, 4) is 0 Å². The number of benzene rings is 2. The first kappa shape index (κ1) is 12.2. The lowest BCUT2D eigenvalue weighted by atomic mass is 9.93. The summed E-state index contributed by atoms with van der Waals surface area (Å²) in [6.07, 6.45) is 1.16. The first-order valence-corrected chi connectivity index (χ1v) is 6.91. The van der Waals surface area contributed by atoms with E-state index < -0.39 is 0 Å². The maximum absolute atomic E-state index is 3.54. The SMILES string of the molecule is CN1CCc2ccccc2C1CNc1ccccc1. The number of fused-ring (bicyclic) bond motifs is 1. The maximum atomic E-state index is 3.54. The number of hydrogen-bond acceptors (Lipinski definition) is 2. The van der Waals surface area contributed by atoms with Gasteiger partial charge in [0.1, 0.15) is 0 Å². The van der Waals surface area contributed by atoms with Crippen molar-refractivity contribution in [2.24, 2.45) is 0 Å². The first-order valence-electron chi connectivity index (χ1n) is 6.91. The van der Waals surface area contributed by atoms with Crippen LogP contribution in [0.2, 0.25) is 0 Å². The van der Waals surface area contributed by atoms with Crippen molar-refractivity contribution in [2.75, 3.05) is 25.5 Å². The highest BCUT2D eigenvalue weighted by Crippen LogP contribution is 2.28. The molecule has 1 heterocycles. The Morgan fingerprint density at radius 1 is 1.05 bits per heavy atom. The van der Waals surface area contributed by atoms with Crippen LogP contribution < -0.4 is 5.32 Å². The lowest BCUT2D eigenvalue weighted by molar-refractivity contribution is 0.241. The summed E-state index contributed by atoms with van der Waals surface area (Å²) in [5.41, 5.74) is 4.17. The number of likely N-dealkylation sites (N-methyl/N-ethyl adjacent to an activating group) is 1. The lowest BCUT2D eigenvalue weighted by Gasteiger charge is -2.35. The van der Waals surface area contributed by atoms with Crippen molar-refractivity contribution in [1.82, 2.24) is 4.90 Å². The molecule has 1 N–H and O–H groups in total. The van der Waals surface area contributed by atoms with E-state index in [1.807, 2.05) is 6.07 Å². The predicted molar refractivity (Wildman–Crippen MR) is 80.4 cm³/mol. The molecule has 0 fully saturated rings. The van der Waals surface area contributed by atoms with E-state index in [4.69, 9.17) is 0 Å². The predicted octanol–water partition coefficient (Wildman–Crippen LogP) is 3.33. The quantitative estimate of drug-likeness (QED) is 0.901. The minimum absolute atomic E-state index is 0.463. The largest absolute Gasteiger partial charge is 0.383 e. The molecule has 0 aliphatic carbocycles. The van der Waals surface area contributed by atoms with E-state index >= 15 is 0 Å². The van der Waals surface area contributed by atoms with E-state index in [0.717, 1.165) is 19.5 Å². The van der Waals surface area contributed by atoms with Gasteiger partial charge in [-0.05, 0) is 36.7 Å². The van der Waals surface area contributed by atoms with Crippen LogP contribution >= 0.6 is 0 Å². The summed E-state index contributed by atoms with van der Waals surface area (Å²) in [5, 5.41) is 3.54. The molecule has 0 amide bonds. The average molecular weight is 252 g/mol. The Balaban J connectivity index is 1.77. The maximum Gasteiger partial charge on any atom is 0.0521 e. The van der Waals surface area contributed by atoms with Crippen LogP contribution in [-0.2, 0) is 6.42 Å². The molecule has 0 saturated carbocycles. The van der Waals surface area contributed by atoms with Crippen LogP contribution in [0.15, 0.2) is 54.6 Å². The van der Waals surface area contributed by atoms with E-state index in [1.165, 1.54) is 16.8 Å². The molecule has 1 atom stereocenters. The Morgan fingerprint density at radius 2 is 1.79 bits per heavy atom. The molecule has 2 nitrogen and oxygen atoms in total. The van der Waals surface area contributed by atoms with Crippen LogP contribution in [0.5, 0.6) is 0 Å². The molecule has 98 valence electrons. The number of anilines is 1. The fraction of sp³-hybridized carbons (Fsp3) is 0.294. The van der Waals surface area contributed by atoms with Gasteiger partial charge in [0.2, 0.25) is 0 Å². The summed E-state index contributed by atoms with van der Waals surface area (Å²) in [6, 6.07) is 19.7. The summed E-state index contributed by atoms with van der Waals surface area (Å²) in [6.45, 7) is 2.09. The number of para-hydroxylation sites is 1. The van der Waals surface area contributed by atoms with Gasteiger partial charge in [-0.2, -0.15) is 0 Å². The third kappa shape index (κ3) is 2.64. The van der Waals surface area contributed by atoms with Gasteiger partial charge in [0, 0.05) is 18.8 Å². The van der Waals surface area contributed by atoms with Gasteiger partial charge >= 0.3 is 0 Å². The summed E-state index contributed by atoms with van der Waals surface area (Å²) >= 11 is 0. The Bertz CT molecular complexity index is 536. The normalized spacial score (nSPS) is 18.9. The van der Waals surface area contributed by atoms with E-state index in [9.17, 15) is 0 Å². The van der Waals surface area contributed by atoms with Gasteiger partial charge in [-0.1, -0.05) is 42.5 Å². The second-order valence-electron chi connectivity index (χ2n) is 5.19. The van der Waals surface area contributed by atoms with Crippen LogP contribution in [0.1, 0.15) is 17.2 Å². The van der Waals surface area contributed by atoms with Crippen LogP contribution in [0.3, 0.4) is 0 Å². The third-order valence-electron chi connectivity index (χ3n) is 3.95. The van der Waals surface area contributed by atoms with Crippen LogP contribution in [0.25, 0.3) is 0 Å². The highest BCUT2D eigenvalue weighted by Gasteiger charge is 2.23. The minimum atomic E-state index is 0.463. The van der Waals surface area contributed by atoms with Gasteiger partial charge in [0.15, 0.2) is 0 Å². The summed E-state index contributed by atoms with van der Waals surface area (Å²) in [4.78, 5) is 2.44. The van der Waals surface area contributed by atoms with Crippen LogP contribution in [-0.4, -0.2) is 25.0 Å². The summed E-state index contributed by atoms with van der Waals surface area (Å²) in [5.74, 6) is 0. The van der Waals surface area contributed by atoms with Crippen molar-refractivity contribution in [1.29, 1.82) is 0 Å². The van der Waals surface area contributed by atoms with Crippen molar-refractivity contribution in [3.05, 3.63) is 65.7 Å². The van der Waals surface area contributed by atoms with E-state index in [1.54, 1.807) is 0 Å². The van der Waals surface area contributed by atoms with Crippen molar-refractivity contribution in [3.63, 3.8) is 0 Å². The molecule has 3 rings (SSSR count). The van der Waals surface area contributed by atoms with Gasteiger partial charge in [0.25, 0.3) is 0 Å². The fourth-order valence-corrected chi connectivity index (χ4v) is 2.81. The van der Waals surface area contributed by atoms with Gasteiger partial charge in [0.05, 0.1) is 6.04 Å². The standard InChI is InChI=1S/C17H20N2/c1-19-12-11-14-7-5-6-10-16(14)17(19)13-18-15-8-3-2-4-9-15/h2-10,17-18H,11-13H2,1H3. The molecule has 1 unspecified atom stereocenters. The third-order valence-corrected chi connectivity index (χ3v) is 3.95. The topological polar surface area (TPSA) is 15.3 Å². The average Bonchev–Trinajstić information content (AvgIpc) is 2.47. The van der Waals surface area contributed by atoms with Crippen molar-refractivity contribution >= 4 is 5.69 Å². The van der Waals surface area contributed by atoms with E-state index in [2.05, 4.69) is 65.8 Å². The molecule has 0 aromatic heterocycles. The molecular weight excluding hydrogens is 232 g/mol. The summed E-state index contributed by atoms with van der Waals surface area (Å²) < 4.78 is 0. The molecular formula is C17H20N2. The molecule has 19 heavy (non-hydrogen) atoms. The zero-order chi connectivity index (χ0) is 13.1. The highest BCUT2D eigenvalue weighted by atomic mass is 15.2.